The number of aliphatic hydroxyl groups is 2. The minimum Gasteiger partial charge on any atom is -0.388 e. The minimum absolute atomic E-state index is 0.0846. The second-order valence-electron chi connectivity index (χ2n) is 12.4. The van der Waals surface area contributed by atoms with E-state index in [-0.39, 0.29) is 50.0 Å². The van der Waals surface area contributed by atoms with Gasteiger partial charge in [0.05, 0.1) is 18.6 Å². The standard InChI is InChI=1S/C29H40F2N6O6/c30-19-2-1-16(9-20(19)31)13-35-7-8-36-15-22(35)28(41)33-12-24-27(40)26(39)23(43-24)11-25(38)34-17-10-21(29(36)42)37(14-17)18-3-5-32-6-4-18/h1-2,9,17-18,21-24,26-27,32,39-40H,3-8,10-15H2,(H,33,41)(H,34,38)/t17-,21-,22-,23-,24+,26-,27+/m0/s1. The monoisotopic (exact) mass is 606 g/mol. The molecule has 236 valence electrons. The molecule has 0 unspecified atom stereocenters. The predicted octanol–water partition coefficient (Wildman–Crippen LogP) is -1.70. The van der Waals surface area contributed by atoms with Gasteiger partial charge in [-0.3, -0.25) is 24.2 Å². The van der Waals surface area contributed by atoms with E-state index in [1.807, 2.05) is 4.90 Å². The van der Waals surface area contributed by atoms with Crippen molar-refractivity contribution in [3.05, 3.63) is 35.4 Å². The maximum absolute atomic E-state index is 14.1. The van der Waals surface area contributed by atoms with Crippen molar-refractivity contribution in [2.24, 2.45) is 0 Å². The molecule has 3 amide bonds. The first-order valence-electron chi connectivity index (χ1n) is 15.2. The van der Waals surface area contributed by atoms with Crippen molar-refractivity contribution >= 4 is 17.7 Å². The Morgan fingerprint density at radius 3 is 2.49 bits per heavy atom. The first-order chi connectivity index (χ1) is 20.7. The smallest absolute Gasteiger partial charge is 0.240 e. The third-order valence-electron chi connectivity index (χ3n) is 9.57. The Morgan fingerprint density at radius 2 is 1.72 bits per heavy atom. The fourth-order valence-corrected chi connectivity index (χ4v) is 7.24. The summed E-state index contributed by atoms with van der Waals surface area (Å²) in [5, 5.41) is 30.4. The van der Waals surface area contributed by atoms with Gasteiger partial charge in [-0.05, 0) is 50.0 Å². The van der Waals surface area contributed by atoms with Crippen LogP contribution in [0.15, 0.2) is 18.2 Å². The van der Waals surface area contributed by atoms with Crippen LogP contribution in [-0.4, -0.2) is 137 Å². The number of hydrogen-bond donors (Lipinski definition) is 5. The second-order valence-corrected chi connectivity index (χ2v) is 12.4. The number of benzene rings is 1. The van der Waals surface area contributed by atoms with Gasteiger partial charge >= 0.3 is 0 Å². The normalized spacial score (nSPS) is 35.2. The second kappa shape index (κ2) is 12.7. The van der Waals surface area contributed by atoms with Crippen LogP contribution in [0, 0.1) is 11.6 Å². The maximum atomic E-state index is 14.1. The van der Waals surface area contributed by atoms with E-state index < -0.39 is 54.0 Å². The van der Waals surface area contributed by atoms with Crippen molar-refractivity contribution < 1.29 is 38.1 Å². The van der Waals surface area contributed by atoms with Crippen molar-refractivity contribution in [3.8, 4) is 0 Å². The number of ether oxygens (including phenoxy) is 1. The third-order valence-corrected chi connectivity index (χ3v) is 9.57. The predicted molar refractivity (Wildman–Crippen MR) is 148 cm³/mol. The zero-order valence-electron chi connectivity index (χ0n) is 24.0. The van der Waals surface area contributed by atoms with Crippen molar-refractivity contribution in [2.45, 2.75) is 80.8 Å². The molecule has 14 heteroatoms. The van der Waals surface area contributed by atoms with Crippen LogP contribution < -0.4 is 16.0 Å². The summed E-state index contributed by atoms with van der Waals surface area (Å²) in [6.45, 7) is 2.99. The summed E-state index contributed by atoms with van der Waals surface area (Å²) >= 11 is 0. The first-order valence-corrected chi connectivity index (χ1v) is 15.2. The molecule has 12 nitrogen and oxygen atoms in total. The summed E-state index contributed by atoms with van der Waals surface area (Å²) in [6.07, 6.45) is -2.49. The molecule has 5 saturated heterocycles. The molecule has 0 radical (unpaired) electrons. The zero-order chi connectivity index (χ0) is 30.2. The largest absolute Gasteiger partial charge is 0.388 e. The van der Waals surface area contributed by atoms with E-state index in [9.17, 15) is 33.4 Å². The molecule has 1 aromatic rings. The van der Waals surface area contributed by atoms with Crippen LogP contribution in [0.2, 0.25) is 0 Å². The van der Waals surface area contributed by atoms with Crippen LogP contribution in [0.5, 0.6) is 0 Å². The molecule has 0 aliphatic carbocycles. The van der Waals surface area contributed by atoms with E-state index >= 15 is 0 Å². The highest BCUT2D eigenvalue weighted by Crippen LogP contribution is 2.29. The number of piperazine rings is 1. The summed E-state index contributed by atoms with van der Waals surface area (Å²) < 4.78 is 33.4. The average molecular weight is 607 g/mol. The Kier molecular flexibility index (Phi) is 8.94. The summed E-state index contributed by atoms with van der Waals surface area (Å²) in [6, 6.07) is 2.24. The van der Waals surface area contributed by atoms with Crippen molar-refractivity contribution in [1.29, 1.82) is 0 Å². The van der Waals surface area contributed by atoms with Crippen LogP contribution in [0.1, 0.15) is 31.2 Å². The van der Waals surface area contributed by atoms with Gasteiger partial charge in [-0.2, -0.15) is 0 Å². The lowest BCUT2D eigenvalue weighted by molar-refractivity contribution is -0.143. The summed E-state index contributed by atoms with van der Waals surface area (Å²) in [4.78, 5) is 46.5. The van der Waals surface area contributed by atoms with Crippen LogP contribution in [0.3, 0.4) is 0 Å². The van der Waals surface area contributed by atoms with Gasteiger partial charge in [-0.15, -0.1) is 0 Å². The number of nitrogens with zero attached hydrogens (tertiary/aromatic N) is 3. The summed E-state index contributed by atoms with van der Waals surface area (Å²) in [7, 11) is 0. The van der Waals surface area contributed by atoms with Crippen LogP contribution in [0.4, 0.5) is 8.78 Å². The molecule has 0 saturated carbocycles. The SMILES string of the molecule is O=C1C[C@@H]2O[C@H](CNC(=O)[C@@H]3CN(CCN3Cc3ccc(F)c(F)c3)C(=O)[C@@H]3C[C@@H](CN3C3CCNCC3)N1)[C@@H](O)[C@H]2O. The molecular weight excluding hydrogens is 566 g/mol. The van der Waals surface area contributed by atoms with Crippen LogP contribution in [0.25, 0.3) is 0 Å². The molecule has 1 aromatic carbocycles. The third kappa shape index (κ3) is 6.40. The molecule has 6 rings (SSSR count). The van der Waals surface area contributed by atoms with Crippen LogP contribution >= 0.6 is 0 Å². The summed E-state index contributed by atoms with van der Waals surface area (Å²) in [5.74, 6) is -2.78. The Balaban J connectivity index is 1.28. The number of nitrogens with one attached hydrogen (secondary N) is 3. The Hall–Kier alpha value is -2.75. The molecule has 5 aliphatic heterocycles. The lowest BCUT2D eigenvalue weighted by atomic mass is 10.0. The molecule has 0 spiro atoms. The molecule has 7 atom stereocenters. The fourth-order valence-electron chi connectivity index (χ4n) is 7.24. The number of fused-ring (bicyclic) bond motifs is 6. The van der Waals surface area contributed by atoms with Crippen molar-refractivity contribution in [1.82, 2.24) is 30.7 Å². The lowest BCUT2D eigenvalue weighted by Crippen LogP contribution is -2.62. The molecule has 5 fully saturated rings. The van der Waals surface area contributed by atoms with E-state index in [2.05, 4.69) is 20.9 Å². The van der Waals surface area contributed by atoms with Crippen molar-refractivity contribution in [3.63, 3.8) is 0 Å². The Bertz CT molecular complexity index is 1220. The molecule has 5 N–H and O–H groups in total. The number of aliphatic hydroxyl groups excluding tert-OH is 2. The van der Waals surface area contributed by atoms with E-state index in [4.69, 9.17) is 4.74 Å². The molecule has 5 aliphatic rings. The lowest BCUT2D eigenvalue weighted by Gasteiger charge is -2.43. The van der Waals surface area contributed by atoms with Gasteiger partial charge in [-0.1, -0.05) is 6.07 Å². The number of halogens is 2. The van der Waals surface area contributed by atoms with Gasteiger partial charge in [0.2, 0.25) is 17.7 Å². The van der Waals surface area contributed by atoms with E-state index in [0.717, 1.165) is 38.1 Å². The van der Waals surface area contributed by atoms with Crippen LogP contribution in [-0.2, 0) is 25.7 Å². The number of piperidine rings is 1. The van der Waals surface area contributed by atoms with E-state index in [1.165, 1.54) is 6.07 Å². The number of amides is 3. The van der Waals surface area contributed by atoms with E-state index in [0.29, 0.717) is 31.6 Å². The average Bonchev–Trinajstić information content (AvgIpc) is 3.53. The van der Waals surface area contributed by atoms with Gasteiger partial charge in [0.15, 0.2) is 11.6 Å². The fraction of sp³-hybridized carbons (Fsp3) is 0.690. The first kappa shape index (κ1) is 30.3. The van der Waals surface area contributed by atoms with Gasteiger partial charge in [0.25, 0.3) is 0 Å². The minimum atomic E-state index is -1.30. The zero-order valence-corrected chi connectivity index (χ0v) is 24.0. The highest BCUT2D eigenvalue weighted by Gasteiger charge is 2.47. The summed E-state index contributed by atoms with van der Waals surface area (Å²) in [5.41, 5.74) is 0.491. The quantitative estimate of drug-likeness (QED) is 0.272. The number of likely N-dealkylation sites (tertiary alicyclic amines) is 1. The maximum Gasteiger partial charge on any atom is 0.240 e. The van der Waals surface area contributed by atoms with E-state index in [1.54, 1.807) is 4.90 Å². The van der Waals surface area contributed by atoms with Gasteiger partial charge in [0.1, 0.15) is 24.4 Å². The highest BCUT2D eigenvalue weighted by atomic mass is 19.2. The Labute approximate surface area is 248 Å². The number of carbonyl (C=O) groups is 3. The van der Waals surface area contributed by atoms with Gasteiger partial charge < -0.3 is 35.8 Å². The highest BCUT2D eigenvalue weighted by molar-refractivity contribution is 5.86. The number of carbonyl (C=O) groups excluding carboxylic acids is 3. The number of rotatable bonds is 3. The number of hydrogen-bond acceptors (Lipinski definition) is 9. The van der Waals surface area contributed by atoms with Gasteiger partial charge in [0, 0.05) is 51.4 Å². The topological polar surface area (TPSA) is 147 Å². The van der Waals surface area contributed by atoms with Crippen molar-refractivity contribution in [2.75, 3.05) is 45.8 Å². The molecular formula is C29H40F2N6O6. The van der Waals surface area contributed by atoms with Gasteiger partial charge in [-0.25, -0.2) is 8.78 Å². The molecule has 5 heterocycles. The molecule has 6 bridgehead atoms. The molecule has 43 heavy (non-hydrogen) atoms. The Morgan fingerprint density at radius 1 is 0.953 bits per heavy atom. The molecule has 0 aromatic heterocycles.